The van der Waals surface area contributed by atoms with Gasteiger partial charge in [0.25, 0.3) is 10.0 Å². The number of nitrogens with zero attached hydrogens (tertiary/aromatic N) is 1. The molecule has 0 aromatic heterocycles. The Bertz CT molecular complexity index is 815. The maximum absolute atomic E-state index is 12.5. The number of hydrogen-bond donors (Lipinski definition) is 1. The molecular weight excluding hydrogens is 332 g/mol. The molecule has 0 saturated carbocycles. The van der Waals surface area contributed by atoms with Gasteiger partial charge in [0.15, 0.2) is 0 Å². The molecule has 4 nitrogen and oxygen atoms in total. The zero-order valence-corrected chi connectivity index (χ0v) is 14.5. The molecule has 122 valence electrons. The van der Waals surface area contributed by atoms with E-state index in [-0.39, 0.29) is 9.92 Å². The summed E-state index contributed by atoms with van der Waals surface area (Å²) in [4.78, 5) is 2.42. The van der Waals surface area contributed by atoms with Gasteiger partial charge in [-0.3, -0.25) is 4.72 Å². The smallest absolute Gasteiger partial charge is 0.263 e. The molecule has 0 unspecified atom stereocenters. The summed E-state index contributed by atoms with van der Waals surface area (Å²) in [5.41, 5.74) is 2.78. The molecule has 0 spiro atoms. The van der Waals surface area contributed by atoms with Gasteiger partial charge in [0, 0.05) is 24.5 Å². The molecule has 1 saturated heterocycles. The lowest BCUT2D eigenvalue weighted by atomic mass is 10.1. The van der Waals surface area contributed by atoms with Crippen molar-refractivity contribution in [3.8, 4) is 0 Å². The lowest BCUT2D eigenvalue weighted by Crippen LogP contribution is -2.19. The Morgan fingerprint density at radius 3 is 2.43 bits per heavy atom. The summed E-state index contributed by atoms with van der Waals surface area (Å²) in [6.07, 6.45) is 2.42. The van der Waals surface area contributed by atoms with Crippen LogP contribution in [0.15, 0.2) is 47.4 Å². The monoisotopic (exact) mass is 350 g/mol. The Kier molecular flexibility index (Phi) is 4.50. The summed E-state index contributed by atoms with van der Waals surface area (Å²) in [5.74, 6) is 0. The largest absolute Gasteiger partial charge is 0.371 e. The van der Waals surface area contributed by atoms with Crippen LogP contribution in [0.4, 0.5) is 11.4 Å². The molecule has 3 rings (SSSR count). The van der Waals surface area contributed by atoms with Crippen molar-refractivity contribution in [2.45, 2.75) is 24.7 Å². The SMILES string of the molecule is Cc1cc(NS(=O)(=O)c2ccccc2Cl)ccc1N1CCCC1. The Morgan fingerprint density at radius 1 is 1.09 bits per heavy atom. The molecule has 2 aromatic rings. The van der Waals surface area contributed by atoms with Gasteiger partial charge in [-0.1, -0.05) is 23.7 Å². The molecular formula is C17H19ClN2O2S. The third kappa shape index (κ3) is 3.46. The Morgan fingerprint density at radius 2 is 1.78 bits per heavy atom. The summed E-state index contributed by atoms with van der Waals surface area (Å²) < 4.78 is 27.5. The van der Waals surface area contributed by atoms with Crippen LogP contribution in [0.3, 0.4) is 0 Å². The molecule has 1 aliphatic heterocycles. The van der Waals surface area contributed by atoms with E-state index in [1.165, 1.54) is 24.6 Å². The van der Waals surface area contributed by atoms with Crippen LogP contribution in [0.25, 0.3) is 0 Å². The van der Waals surface area contributed by atoms with Crippen LogP contribution in [0, 0.1) is 6.92 Å². The molecule has 23 heavy (non-hydrogen) atoms. The standard InChI is InChI=1S/C17H19ClN2O2S/c1-13-12-14(8-9-16(13)20-10-4-5-11-20)19-23(21,22)17-7-3-2-6-15(17)18/h2-3,6-9,12,19H,4-5,10-11H2,1H3. The number of aryl methyl sites for hydroxylation is 1. The maximum Gasteiger partial charge on any atom is 0.263 e. The minimum Gasteiger partial charge on any atom is -0.371 e. The first-order valence-corrected chi connectivity index (χ1v) is 9.46. The van der Waals surface area contributed by atoms with E-state index in [0.29, 0.717) is 5.69 Å². The van der Waals surface area contributed by atoms with Crippen molar-refractivity contribution in [2.24, 2.45) is 0 Å². The molecule has 0 atom stereocenters. The predicted octanol–water partition coefficient (Wildman–Crippen LogP) is 4.05. The second-order valence-corrected chi connectivity index (χ2v) is 7.79. The van der Waals surface area contributed by atoms with Gasteiger partial charge in [-0.15, -0.1) is 0 Å². The molecule has 2 aromatic carbocycles. The number of anilines is 2. The van der Waals surface area contributed by atoms with Crippen molar-refractivity contribution < 1.29 is 8.42 Å². The summed E-state index contributed by atoms with van der Waals surface area (Å²) in [5, 5.41) is 0.213. The second-order valence-electron chi connectivity index (χ2n) is 5.73. The highest BCUT2D eigenvalue weighted by Crippen LogP contribution is 2.28. The van der Waals surface area contributed by atoms with Crippen LogP contribution in [0.5, 0.6) is 0 Å². The fraction of sp³-hybridized carbons (Fsp3) is 0.294. The van der Waals surface area contributed by atoms with Crippen LogP contribution in [0.1, 0.15) is 18.4 Å². The number of rotatable bonds is 4. The summed E-state index contributed by atoms with van der Waals surface area (Å²) in [7, 11) is -3.69. The van der Waals surface area contributed by atoms with E-state index in [1.54, 1.807) is 24.3 Å². The van der Waals surface area contributed by atoms with E-state index in [2.05, 4.69) is 9.62 Å². The van der Waals surface area contributed by atoms with Gasteiger partial charge in [-0.05, 0) is 55.7 Å². The van der Waals surface area contributed by atoms with Gasteiger partial charge >= 0.3 is 0 Å². The molecule has 0 radical (unpaired) electrons. The zero-order valence-electron chi connectivity index (χ0n) is 12.9. The van der Waals surface area contributed by atoms with E-state index in [0.717, 1.165) is 18.7 Å². The molecule has 0 amide bonds. The number of sulfonamides is 1. The van der Waals surface area contributed by atoms with E-state index in [9.17, 15) is 8.42 Å². The molecule has 1 fully saturated rings. The first-order chi connectivity index (χ1) is 11.0. The molecule has 1 N–H and O–H groups in total. The van der Waals surface area contributed by atoms with Gasteiger partial charge in [0.1, 0.15) is 4.90 Å². The van der Waals surface area contributed by atoms with E-state index in [1.807, 2.05) is 19.1 Å². The van der Waals surface area contributed by atoms with Crippen molar-refractivity contribution in [1.29, 1.82) is 0 Å². The normalized spacial score (nSPS) is 15.0. The van der Waals surface area contributed by atoms with Crippen molar-refractivity contribution >= 4 is 33.0 Å². The van der Waals surface area contributed by atoms with Gasteiger partial charge in [0.2, 0.25) is 0 Å². The van der Waals surface area contributed by atoms with Crippen molar-refractivity contribution in [3.05, 3.63) is 53.1 Å². The molecule has 1 aliphatic rings. The number of nitrogens with one attached hydrogen (secondary N) is 1. The minimum absolute atomic E-state index is 0.0861. The average molecular weight is 351 g/mol. The highest BCUT2D eigenvalue weighted by atomic mass is 35.5. The quantitative estimate of drug-likeness (QED) is 0.905. The van der Waals surface area contributed by atoms with Gasteiger partial charge < -0.3 is 4.90 Å². The first kappa shape index (κ1) is 16.1. The van der Waals surface area contributed by atoms with Crippen molar-refractivity contribution in [2.75, 3.05) is 22.7 Å². The van der Waals surface area contributed by atoms with Crippen LogP contribution in [-0.2, 0) is 10.0 Å². The van der Waals surface area contributed by atoms with Crippen LogP contribution in [0.2, 0.25) is 5.02 Å². The molecule has 0 bridgehead atoms. The Balaban J connectivity index is 1.85. The van der Waals surface area contributed by atoms with Crippen LogP contribution >= 0.6 is 11.6 Å². The lowest BCUT2D eigenvalue weighted by molar-refractivity contribution is 0.601. The van der Waals surface area contributed by atoms with Crippen molar-refractivity contribution in [3.63, 3.8) is 0 Å². The summed E-state index contributed by atoms with van der Waals surface area (Å²) in [6.45, 7) is 4.12. The van der Waals surface area contributed by atoms with E-state index >= 15 is 0 Å². The Hall–Kier alpha value is -1.72. The summed E-state index contributed by atoms with van der Waals surface area (Å²) >= 11 is 5.99. The Labute approximate surface area is 142 Å². The van der Waals surface area contributed by atoms with E-state index in [4.69, 9.17) is 11.6 Å². The third-order valence-electron chi connectivity index (χ3n) is 4.02. The number of hydrogen-bond acceptors (Lipinski definition) is 3. The number of benzene rings is 2. The van der Waals surface area contributed by atoms with Crippen LogP contribution in [-0.4, -0.2) is 21.5 Å². The van der Waals surface area contributed by atoms with Gasteiger partial charge in [-0.25, -0.2) is 8.42 Å². The number of halogens is 1. The van der Waals surface area contributed by atoms with Gasteiger partial charge in [0.05, 0.1) is 5.02 Å². The highest BCUT2D eigenvalue weighted by molar-refractivity contribution is 7.92. The first-order valence-electron chi connectivity index (χ1n) is 7.60. The molecule has 1 heterocycles. The second kappa shape index (κ2) is 6.42. The molecule has 0 aliphatic carbocycles. The minimum atomic E-state index is -3.69. The maximum atomic E-state index is 12.5. The average Bonchev–Trinajstić information content (AvgIpc) is 3.01. The fourth-order valence-electron chi connectivity index (χ4n) is 2.90. The summed E-state index contributed by atoms with van der Waals surface area (Å²) in [6, 6.07) is 12.1. The topological polar surface area (TPSA) is 49.4 Å². The predicted molar refractivity (Wildman–Crippen MR) is 94.9 cm³/mol. The zero-order chi connectivity index (χ0) is 16.4. The van der Waals surface area contributed by atoms with Crippen LogP contribution < -0.4 is 9.62 Å². The van der Waals surface area contributed by atoms with E-state index < -0.39 is 10.0 Å². The third-order valence-corrected chi connectivity index (χ3v) is 5.90. The highest BCUT2D eigenvalue weighted by Gasteiger charge is 2.19. The molecule has 6 heteroatoms. The van der Waals surface area contributed by atoms with Crippen molar-refractivity contribution in [1.82, 2.24) is 0 Å². The fourth-order valence-corrected chi connectivity index (χ4v) is 4.47. The van der Waals surface area contributed by atoms with Gasteiger partial charge in [-0.2, -0.15) is 0 Å². The lowest BCUT2D eigenvalue weighted by Gasteiger charge is -2.21.